The Labute approximate surface area is 157 Å². The first-order valence-electron chi connectivity index (χ1n) is 8.31. The van der Waals surface area contributed by atoms with Crippen LogP contribution in [0, 0.1) is 6.92 Å². The van der Waals surface area contributed by atoms with Crippen LogP contribution in [0.15, 0.2) is 34.8 Å². The Bertz CT molecular complexity index is 833. The number of carbonyl (C=O) groups is 2. The van der Waals surface area contributed by atoms with Crippen molar-refractivity contribution in [3.8, 4) is 11.5 Å². The van der Waals surface area contributed by atoms with Gasteiger partial charge in [-0.3, -0.25) is 0 Å². The normalized spacial score (nSPS) is 10.7. The van der Waals surface area contributed by atoms with Crippen molar-refractivity contribution in [2.75, 3.05) is 20.8 Å². The highest BCUT2D eigenvalue weighted by Gasteiger charge is 2.16. The summed E-state index contributed by atoms with van der Waals surface area (Å²) in [6.07, 6.45) is 2.90. The Morgan fingerprint density at radius 2 is 1.93 bits per heavy atom. The van der Waals surface area contributed by atoms with Gasteiger partial charge in [-0.2, -0.15) is 0 Å². The molecule has 144 valence electrons. The van der Waals surface area contributed by atoms with Crippen LogP contribution in [0.25, 0.3) is 6.08 Å². The van der Waals surface area contributed by atoms with Crippen molar-refractivity contribution in [3.05, 3.63) is 53.0 Å². The molecule has 1 aromatic heterocycles. The monoisotopic (exact) mass is 374 g/mol. The predicted octanol–water partition coefficient (Wildman–Crippen LogP) is 3.54. The second-order valence-electron chi connectivity index (χ2n) is 5.46. The lowest BCUT2D eigenvalue weighted by molar-refractivity contribution is -0.139. The lowest BCUT2D eigenvalue weighted by Gasteiger charge is -2.09. The lowest BCUT2D eigenvalue weighted by Crippen LogP contribution is -2.01. The maximum Gasteiger partial charge on any atom is 0.341 e. The molecule has 0 unspecified atom stereocenters. The molecular weight excluding hydrogens is 352 g/mol. The summed E-state index contributed by atoms with van der Waals surface area (Å²) in [5.41, 5.74) is 1.06. The Morgan fingerprint density at radius 3 is 2.59 bits per heavy atom. The Hall–Kier alpha value is -3.22. The molecule has 7 heteroatoms. The summed E-state index contributed by atoms with van der Waals surface area (Å²) < 4.78 is 25.9. The average Bonchev–Trinajstić information content (AvgIpc) is 3.05. The third kappa shape index (κ3) is 5.37. The number of aryl methyl sites for hydroxylation is 1. The van der Waals surface area contributed by atoms with Gasteiger partial charge in [0.15, 0.2) is 11.5 Å². The number of benzene rings is 1. The maximum absolute atomic E-state index is 11.9. The van der Waals surface area contributed by atoms with Crippen molar-refractivity contribution >= 4 is 18.0 Å². The fourth-order valence-electron chi connectivity index (χ4n) is 2.34. The molecule has 0 aliphatic carbocycles. The number of ether oxygens (including phenoxy) is 4. The van der Waals surface area contributed by atoms with Crippen molar-refractivity contribution in [1.29, 1.82) is 0 Å². The molecule has 1 aromatic carbocycles. The van der Waals surface area contributed by atoms with Crippen LogP contribution in [-0.4, -0.2) is 32.8 Å². The van der Waals surface area contributed by atoms with Gasteiger partial charge in [0.25, 0.3) is 0 Å². The predicted molar refractivity (Wildman–Crippen MR) is 97.8 cm³/mol. The first-order valence-corrected chi connectivity index (χ1v) is 8.31. The number of rotatable bonds is 8. The van der Waals surface area contributed by atoms with Gasteiger partial charge in [-0.1, -0.05) is 6.07 Å². The minimum Gasteiger partial charge on any atom is -0.493 e. The SMILES string of the molecule is CCOc1ccc(/C=C/C(=O)OCc2cc(C(=O)OC)c(C)o2)cc1OC. The average molecular weight is 374 g/mol. The van der Waals surface area contributed by atoms with E-state index in [4.69, 9.17) is 18.6 Å². The molecule has 0 spiro atoms. The molecule has 0 fully saturated rings. The molecule has 0 N–H and O–H groups in total. The van der Waals surface area contributed by atoms with E-state index < -0.39 is 11.9 Å². The van der Waals surface area contributed by atoms with Crippen LogP contribution >= 0.6 is 0 Å². The van der Waals surface area contributed by atoms with Gasteiger partial charge < -0.3 is 23.4 Å². The van der Waals surface area contributed by atoms with E-state index in [2.05, 4.69) is 4.74 Å². The third-order valence-corrected chi connectivity index (χ3v) is 3.63. The van der Waals surface area contributed by atoms with Crippen molar-refractivity contribution in [1.82, 2.24) is 0 Å². The highest BCUT2D eigenvalue weighted by Crippen LogP contribution is 2.28. The summed E-state index contributed by atoms with van der Waals surface area (Å²) >= 11 is 0. The van der Waals surface area contributed by atoms with E-state index in [1.54, 1.807) is 38.3 Å². The molecular formula is C20H22O7. The Balaban J connectivity index is 1.96. The summed E-state index contributed by atoms with van der Waals surface area (Å²) in [5.74, 6) is 0.931. The van der Waals surface area contributed by atoms with Crippen LogP contribution in [0.3, 0.4) is 0 Å². The van der Waals surface area contributed by atoms with E-state index in [0.29, 0.717) is 35.2 Å². The lowest BCUT2D eigenvalue weighted by atomic mass is 10.2. The zero-order valence-electron chi connectivity index (χ0n) is 15.7. The molecule has 7 nitrogen and oxygen atoms in total. The Kier molecular flexibility index (Phi) is 7.05. The van der Waals surface area contributed by atoms with E-state index in [1.807, 2.05) is 6.92 Å². The zero-order valence-corrected chi connectivity index (χ0v) is 15.7. The molecule has 0 aliphatic rings. The molecule has 0 atom stereocenters. The molecule has 0 saturated heterocycles. The minimum absolute atomic E-state index is 0.0897. The van der Waals surface area contributed by atoms with Crippen LogP contribution in [0.1, 0.15) is 34.4 Å². The second-order valence-corrected chi connectivity index (χ2v) is 5.46. The fraction of sp³-hybridized carbons (Fsp3) is 0.300. The first kappa shape index (κ1) is 20.1. The quantitative estimate of drug-likeness (QED) is 0.516. The van der Waals surface area contributed by atoms with E-state index >= 15 is 0 Å². The topological polar surface area (TPSA) is 84.2 Å². The largest absolute Gasteiger partial charge is 0.493 e. The van der Waals surface area contributed by atoms with Gasteiger partial charge >= 0.3 is 11.9 Å². The number of furan rings is 1. The van der Waals surface area contributed by atoms with Gasteiger partial charge in [0.2, 0.25) is 0 Å². The van der Waals surface area contributed by atoms with Crippen molar-refractivity contribution in [3.63, 3.8) is 0 Å². The van der Waals surface area contributed by atoms with Crippen LogP contribution in [0.5, 0.6) is 11.5 Å². The number of hydrogen-bond acceptors (Lipinski definition) is 7. The van der Waals surface area contributed by atoms with Gasteiger partial charge in [0, 0.05) is 6.08 Å². The number of carbonyl (C=O) groups excluding carboxylic acids is 2. The van der Waals surface area contributed by atoms with Gasteiger partial charge in [0.05, 0.1) is 20.8 Å². The molecule has 27 heavy (non-hydrogen) atoms. The summed E-state index contributed by atoms with van der Waals surface area (Å²) in [6.45, 7) is 3.96. The fourth-order valence-corrected chi connectivity index (χ4v) is 2.34. The van der Waals surface area contributed by atoms with Gasteiger partial charge in [0.1, 0.15) is 23.7 Å². The minimum atomic E-state index is -0.545. The number of methoxy groups -OCH3 is 2. The van der Waals surface area contributed by atoms with E-state index in [9.17, 15) is 9.59 Å². The van der Waals surface area contributed by atoms with Gasteiger partial charge in [-0.05, 0) is 43.7 Å². The van der Waals surface area contributed by atoms with Crippen LogP contribution in [0.4, 0.5) is 0 Å². The van der Waals surface area contributed by atoms with Crippen molar-refractivity contribution in [2.24, 2.45) is 0 Å². The Morgan fingerprint density at radius 1 is 1.15 bits per heavy atom. The summed E-state index contributed by atoms with van der Waals surface area (Å²) in [7, 11) is 2.84. The molecule has 0 saturated carbocycles. The summed E-state index contributed by atoms with van der Waals surface area (Å²) in [6, 6.07) is 6.83. The van der Waals surface area contributed by atoms with Crippen molar-refractivity contribution in [2.45, 2.75) is 20.5 Å². The highest BCUT2D eigenvalue weighted by atomic mass is 16.5. The standard InChI is InChI=1S/C20H22O7/c1-5-25-17-8-6-14(10-18(17)23-3)7-9-19(21)26-12-15-11-16(13(2)27-15)20(22)24-4/h6-11H,5,12H2,1-4H3/b9-7+. The molecule has 1 heterocycles. The summed E-state index contributed by atoms with van der Waals surface area (Å²) in [5, 5.41) is 0. The van der Waals surface area contributed by atoms with Gasteiger partial charge in [-0.25, -0.2) is 9.59 Å². The third-order valence-electron chi connectivity index (χ3n) is 3.63. The molecule has 2 rings (SSSR count). The number of hydrogen-bond donors (Lipinski definition) is 0. The van der Waals surface area contributed by atoms with Gasteiger partial charge in [-0.15, -0.1) is 0 Å². The molecule has 2 aromatic rings. The number of esters is 2. The van der Waals surface area contributed by atoms with Crippen LogP contribution in [0.2, 0.25) is 0 Å². The maximum atomic E-state index is 11.9. The van der Waals surface area contributed by atoms with E-state index in [0.717, 1.165) is 5.56 Å². The van der Waals surface area contributed by atoms with E-state index in [-0.39, 0.29) is 6.61 Å². The smallest absolute Gasteiger partial charge is 0.341 e. The molecule has 0 amide bonds. The van der Waals surface area contributed by atoms with Crippen LogP contribution < -0.4 is 9.47 Å². The molecule has 0 radical (unpaired) electrons. The first-order chi connectivity index (χ1) is 13.0. The zero-order chi connectivity index (χ0) is 19.8. The van der Waals surface area contributed by atoms with Crippen LogP contribution in [-0.2, 0) is 20.9 Å². The van der Waals surface area contributed by atoms with E-state index in [1.165, 1.54) is 19.3 Å². The summed E-state index contributed by atoms with van der Waals surface area (Å²) in [4.78, 5) is 23.4. The second kappa shape index (κ2) is 9.47. The van der Waals surface area contributed by atoms with Crippen molar-refractivity contribution < 1.29 is 33.0 Å². The highest BCUT2D eigenvalue weighted by molar-refractivity contribution is 5.90. The molecule has 0 bridgehead atoms. The molecule has 0 aliphatic heterocycles.